The van der Waals surface area contributed by atoms with E-state index in [2.05, 4.69) is 12.0 Å². The summed E-state index contributed by atoms with van der Waals surface area (Å²) in [5, 5.41) is 5.67. The van der Waals surface area contributed by atoms with Crippen LogP contribution in [-0.2, 0) is 23.1 Å². The number of aromatic nitrogens is 2. The van der Waals surface area contributed by atoms with E-state index in [-0.39, 0.29) is 11.8 Å². The molecule has 1 aromatic heterocycles. The zero-order chi connectivity index (χ0) is 18.5. The summed E-state index contributed by atoms with van der Waals surface area (Å²) in [6.45, 7) is 3.80. The van der Waals surface area contributed by atoms with Gasteiger partial charge in [0.1, 0.15) is 5.88 Å². The van der Waals surface area contributed by atoms with Crippen LogP contribution >= 0.6 is 11.6 Å². The lowest BCUT2D eigenvalue weighted by atomic mass is 9.88. The van der Waals surface area contributed by atoms with Crippen molar-refractivity contribution in [2.24, 2.45) is 13.0 Å². The molecule has 3 rings (SSSR count). The van der Waals surface area contributed by atoms with Crippen molar-refractivity contribution < 1.29 is 9.53 Å². The van der Waals surface area contributed by atoms with E-state index >= 15 is 0 Å². The van der Waals surface area contributed by atoms with Crippen molar-refractivity contribution in [3.05, 3.63) is 30.0 Å². The fourth-order valence-electron chi connectivity index (χ4n) is 3.81. The minimum atomic E-state index is -0.0818. The first-order valence-corrected chi connectivity index (χ1v) is 9.99. The third kappa shape index (κ3) is 4.38. The van der Waals surface area contributed by atoms with Crippen molar-refractivity contribution in [2.45, 2.75) is 45.3 Å². The highest BCUT2D eigenvalue weighted by atomic mass is 35.5. The van der Waals surface area contributed by atoms with Crippen molar-refractivity contribution in [3.8, 4) is 0 Å². The topological polar surface area (TPSA) is 47.4 Å². The van der Waals surface area contributed by atoms with Crippen molar-refractivity contribution >= 4 is 28.4 Å². The van der Waals surface area contributed by atoms with Crippen LogP contribution in [0.3, 0.4) is 0 Å². The molecule has 1 aromatic carbocycles. The zero-order valence-corrected chi connectivity index (χ0v) is 16.4. The summed E-state index contributed by atoms with van der Waals surface area (Å²) in [5.41, 5.74) is 1.96. The van der Waals surface area contributed by atoms with Crippen LogP contribution in [0, 0.1) is 5.92 Å². The normalized spacial score (nSPS) is 20.4. The molecule has 2 aromatic rings. The molecule has 1 heterocycles. The highest BCUT2D eigenvalue weighted by Crippen LogP contribution is 2.26. The van der Waals surface area contributed by atoms with Gasteiger partial charge in [-0.15, -0.1) is 11.6 Å². The molecular weight excluding hydrogens is 350 g/mol. The number of alkyl halides is 1. The number of hydrogen-bond donors (Lipinski definition) is 0. The molecule has 1 aliphatic carbocycles. The highest BCUT2D eigenvalue weighted by Gasteiger charge is 2.23. The molecular formula is C20H28ClN3O2. The quantitative estimate of drug-likeness (QED) is 0.690. The number of rotatable bonds is 7. The Balaban J connectivity index is 1.65. The lowest BCUT2D eigenvalue weighted by Gasteiger charge is -2.30. The largest absolute Gasteiger partial charge is 0.376 e. The molecule has 0 saturated heterocycles. The van der Waals surface area contributed by atoms with Gasteiger partial charge in [0.25, 0.3) is 0 Å². The van der Waals surface area contributed by atoms with E-state index < -0.39 is 0 Å². The standard InChI is InChI=1S/C20H28ClN3O2/c1-15-7-3-6-10-19(15)26-12-11-24(20(25)13-21)14-17-16-8-4-5-9-18(16)23(2)22-17/h4-5,8-9,15,19H,3,6-7,10-14H2,1-2H3. The lowest BCUT2D eigenvalue weighted by Crippen LogP contribution is -2.36. The Labute approximate surface area is 160 Å². The van der Waals surface area contributed by atoms with Crippen LogP contribution < -0.4 is 0 Å². The van der Waals surface area contributed by atoms with Gasteiger partial charge in [0.2, 0.25) is 5.91 Å². The monoisotopic (exact) mass is 377 g/mol. The molecule has 2 atom stereocenters. The van der Waals surface area contributed by atoms with Crippen molar-refractivity contribution in [3.63, 3.8) is 0 Å². The Kier molecular flexibility index (Phi) is 6.54. The second kappa shape index (κ2) is 8.87. The minimum Gasteiger partial charge on any atom is -0.376 e. The number of para-hydroxylation sites is 1. The maximum Gasteiger partial charge on any atom is 0.237 e. The van der Waals surface area contributed by atoms with Crippen LogP contribution in [0.15, 0.2) is 24.3 Å². The number of carbonyl (C=O) groups excluding carboxylic acids is 1. The molecule has 1 saturated carbocycles. The average Bonchev–Trinajstić information content (AvgIpc) is 2.98. The Morgan fingerprint density at radius 2 is 2.12 bits per heavy atom. The molecule has 1 fully saturated rings. The van der Waals surface area contributed by atoms with Gasteiger partial charge < -0.3 is 9.64 Å². The predicted octanol–water partition coefficient (Wildman–Crippen LogP) is 3.74. The number of fused-ring (bicyclic) bond motifs is 1. The van der Waals surface area contributed by atoms with Gasteiger partial charge in [-0.2, -0.15) is 5.10 Å². The SMILES string of the molecule is CC1CCCCC1OCCN(Cc1nn(C)c2ccccc12)C(=O)CCl. The van der Waals surface area contributed by atoms with Crippen LogP contribution in [0.5, 0.6) is 0 Å². The van der Waals surface area contributed by atoms with Gasteiger partial charge >= 0.3 is 0 Å². The predicted molar refractivity (Wildman–Crippen MR) is 104 cm³/mol. The number of nitrogens with zero attached hydrogens (tertiary/aromatic N) is 3. The summed E-state index contributed by atoms with van der Waals surface area (Å²) in [6.07, 6.45) is 5.20. The Morgan fingerprint density at radius 3 is 2.88 bits per heavy atom. The van der Waals surface area contributed by atoms with Crippen LogP contribution in [0.1, 0.15) is 38.3 Å². The first-order chi connectivity index (χ1) is 12.6. The van der Waals surface area contributed by atoms with Crippen LogP contribution in [0.2, 0.25) is 0 Å². The first kappa shape index (κ1) is 19.2. The molecule has 6 heteroatoms. The molecule has 142 valence electrons. The summed E-state index contributed by atoms with van der Waals surface area (Å²) in [4.78, 5) is 14.1. The number of amides is 1. The second-order valence-electron chi connectivity index (χ2n) is 7.21. The van der Waals surface area contributed by atoms with Crippen LogP contribution in [-0.4, -0.2) is 45.7 Å². The maximum atomic E-state index is 12.3. The number of ether oxygens (including phenoxy) is 1. The molecule has 5 nitrogen and oxygen atoms in total. The van der Waals surface area contributed by atoms with Gasteiger partial charge in [-0.1, -0.05) is 38.0 Å². The molecule has 1 amide bonds. The summed E-state index contributed by atoms with van der Waals surface area (Å²) in [7, 11) is 1.92. The molecule has 0 radical (unpaired) electrons. The van der Waals surface area contributed by atoms with E-state index in [1.165, 1.54) is 19.3 Å². The molecule has 0 spiro atoms. The van der Waals surface area contributed by atoms with Gasteiger partial charge in [-0.25, -0.2) is 0 Å². The van der Waals surface area contributed by atoms with Gasteiger partial charge in [0, 0.05) is 19.0 Å². The summed E-state index contributed by atoms with van der Waals surface area (Å²) >= 11 is 5.83. The highest BCUT2D eigenvalue weighted by molar-refractivity contribution is 6.27. The Bertz CT molecular complexity index is 746. The molecule has 1 aliphatic rings. The zero-order valence-electron chi connectivity index (χ0n) is 15.7. The Hall–Kier alpha value is -1.59. The fraction of sp³-hybridized carbons (Fsp3) is 0.600. The molecule has 26 heavy (non-hydrogen) atoms. The van der Waals surface area contributed by atoms with Crippen molar-refractivity contribution in [1.29, 1.82) is 0 Å². The summed E-state index contributed by atoms with van der Waals surface area (Å²) in [5.74, 6) is 0.493. The van der Waals surface area contributed by atoms with Gasteiger partial charge in [0.15, 0.2) is 0 Å². The molecule has 2 unspecified atom stereocenters. The molecule has 0 aliphatic heterocycles. The minimum absolute atomic E-state index is 0.0232. The van der Waals surface area contributed by atoms with E-state index in [9.17, 15) is 4.79 Å². The van der Waals surface area contributed by atoms with E-state index in [0.29, 0.717) is 31.7 Å². The number of halogens is 1. The van der Waals surface area contributed by atoms with Crippen LogP contribution in [0.4, 0.5) is 0 Å². The summed E-state index contributed by atoms with van der Waals surface area (Å²) in [6, 6.07) is 8.07. The van der Waals surface area contributed by atoms with Crippen LogP contribution in [0.25, 0.3) is 10.9 Å². The van der Waals surface area contributed by atoms with E-state index in [1.807, 2.05) is 36.0 Å². The number of benzene rings is 1. The average molecular weight is 378 g/mol. The number of aryl methyl sites for hydroxylation is 1. The van der Waals surface area contributed by atoms with E-state index in [1.54, 1.807) is 4.90 Å². The lowest BCUT2D eigenvalue weighted by molar-refractivity contribution is -0.130. The smallest absolute Gasteiger partial charge is 0.237 e. The fourth-order valence-corrected chi connectivity index (χ4v) is 3.98. The number of carbonyl (C=O) groups is 1. The van der Waals surface area contributed by atoms with E-state index in [0.717, 1.165) is 23.0 Å². The third-order valence-electron chi connectivity index (χ3n) is 5.37. The first-order valence-electron chi connectivity index (χ1n) is 9.46. The van der Waals surface area contributed by atoms with Crippen molar-refractivity contribution in [1.82, 2.24) is 14.7 Å². The Morgan fingerprint density at radius 1 is 1.35 bits per heavy atom. The van der Waals surface area contributed by atoms with Gasteiger partial charge in [-0.05, 0) is 24.8 Å². The molecule has 0 bridgehead atoms. The molecule has 0 N–H and O–H groups in total. The summed E-state index contributed by atoms with van der Waals surface area (Å²) < 4.78 is 7.94. The maximum absolute atomic E-state index is 12.3. The van der Waals surface area contributed by atoms with Gasteiger partial charge in [-0.3, -0.25) is 9.48 Å². The number of hydrogen-bond acceptors (Lipinski definition) is 3. The van der Waals surface area contributed by atoms with Gasteiger partial charge in [0.05, 0.1) is 30.5 Å². The van der Waals surface area contributed by atoms with E-state index in [4.69, 9.17) is 16.3 Å². The second-order valence-corrected chi connectivity index (χ2v) is 7.47. The third-order valence-corrected chi connectivity index (χ3v) is 5.60. The van der Waals surface area contributed by atoms with Crippen molar-refractivity contribution in [2.75, 3.05) is 19.0 Å².